The number of aromatic nitrogens is 2. The average molecular weight is 418 g/mol. The molecule has 2 aliphatic heterocycles. The molecule has 4 aromatic rings. The maximum Gasteiger partial charge on any atom is 0.294 e. The molecule has 1 N–H and O–H groups in total. The Morgan fingerprint density at radius 2 is 1.71 bits per heavy atom. The van der Waals surface area contributed by atoms with Crippen molar-refractivity contribution >= 4 is 22.1 Å². The first kappa shape index (κ1) is 18.4. The van der Waals surface area contributed by atoms with Gasteiger partial charge < -0.3 is 18.9 Å². The Labute approximate surface area is 178 Å². The van der Waals surface area contributed by atoms with Crippen LogP contribution in [0.4, 0.5) is 0 Å². The molecule has 31 heavy (non-hydrogen) atoms. The highest BCUT2D eigenvalue weighted by atomic mass is 16.7. The van der Waals surface area contributed by atoms with Gasteiger partial charge in [0.05, 0.1) is 6.54 Å². The zero-order chi connectivity index (χ0) is 20.8. The van der Waals surface area contributed by atoms with E-state index in [1.54, 1.807) is 0 Å². The van der Waals surface area contributed by atoms with E-state index in [4.69, 9.17) is 18.9 Å². The summed E-state index contributed by atoms with van der Waals surface area (Å²) in [5.41, 5.74) is 2.61. The molecular formula is C23H22N4O4. The number of benzene rings is 2. The van der Waals surface area contributed by atoms with Crippen LogP contribution in [0.1, 0.15) is 11.4 Å². The van der Waals surface area contributed by atoms with Gasteiger partial charge in [-0.15, -0.1) is 0 Å². The van der Waals surface area contributed by atoms with Gasteiger partial charge in [-0.3, -0.25) is 14.6 Å². The fourth-order valence-electron chi connectivity index (χ4n) is 4.34. The van der Waals surface area contributed by atoms with E-state index >= 15 is 0 Å². The van der Waals surface area contributed by atoms with Gasteiger partial charge in [-0.2, -0.15) is 0 Å². The third kappa shape index (κ3) is 3.43. The number of fused-ring (bicyclic) bond motifs is 4. The lowest BCUT2D eigenvalue weighted by molar-refractivity contribution is 0.120. The first-order chi connectivity index (χ1) is 15.2. The molecule has 0 aliphatic carbocycles. The lowest BCUT2D eigenvalue weighted by Crippen LogP contribution is -2.45. The van der Waals surface area contributed by atoms with Gasteiger partial charge in [-0.25, -0.2) is 4.98 Å². The third-order valence-corrected chi connectivity index (χ3v) is 5.96. The van der Waals surface area contributed by atoms with Crippen LogP contribution in [0.2, 0.25) is 0 Å². The number of furan rings is 1. The van der Waals surface area contributed by atoms with Gasteiger partial charge in [0.2, 0.25) is 12.4 Å². The van der Waals surface area contributed by atoms with Crippen molar-refractivity contribution < 1.29 is 13.9 Å². The molecule has 1 fully saturated rings. The number of ether oxygens (including phenoxy) is 2. The summed E-state index contributed by atoms with van der Waals surface area (Å²) in [6, 6.07) is 13.8. The van der Waals surface area contributed by atoms with Crippen LogP contribution >= 0.6 is 0 Å². The number of piperazine rings is 1. The Morgan fingerprint density at radius 1 is 0.935 bits per heavy atom. The third-order valence-electron chi connectivity index (χ3n) is 5.96. The number of hydrogen-bond acceptors (Lipinski definition) is 7. The van der Waals surface area contributed by atoms with E-state index in [1.807, 2.05) is 30.3 Å². The SMILES string of the molecule is O=c1[nH]c(CN2CCN(Cc3ccc4c(c3)OCO4)CC2)nc2c1oc1ccccc12. The minimum Gasteiger partial charge on any atom is -0.454 e. The molecule has 0 spiro atoms. The first-order valence-corrected chi connectivity index (χ1v) is 10.5. The van der Waals surface area contributed by atoms with Crippen LogP contribution < -0.4 is 15.0 Å². The van der Waals surface area contributed by atoms with E-state index in [2.05, 4.69) is 26.9 Å². The molecule has 2 aliphatic rings. The number of rotatable bonds is 4. The van der Waals surface area contributed by atoms with Crippen molar-refractivity contribution in [3.8, 4) is 11.5 Å². The molecule has 8 heteroatoms. The van der Waals surface area contributed by atoms with Crippen molar-refractivity contribution in [1.82, 2.24) is 19.8 Å². The smallest absolute Gasteiger partial charge is 0.294 e. The largest absolute Gasteiger partial charge is 0.454 e. The molecular weight excluding hydrogens is 396 g/mol. The molecule has 0 bridgehead atoms. The van der Waals surface area contributed by atoms with Crippen molar-refractivity contribution in [2.75, 3.05) is 33.0 Å². The van der Waals surface area contributed by atoms with Crippen LogP contribution in [-0.4, -0.2) is 52.7 Å². The Bertz CT molecular complexity index is 1320. The summed E-state index contributed by atoms with van der Waals surface area (Å²) in [4.78, 5) is 24.9. The highest BCUT2D eigenvalue weighted by Crippen LogP contribution is 2.33. The van der Waals surface area contributed by atoms with E-state index in [-0.39, 0.29) is 5.56 Å². The summed E-state index contributed by atoms with van der Waals surface area (Å²) in [5, 5.41) is 0.874. The summed E-state index contributed by atoms with van der Waals surface area (Å²) in [5.74, 6) is 2.32. The van der Waals surface area contributed by atoms with Gasteiger partial charge in [0.1, 0.15) is 16.9 Å². The fraction of sp³-hybridized carbons (Fsp3) is 0.304. The van der Waals surface area contributed by atoms with E-state index < -0.39 is 0 Å². The Balaban J connectivity index is 1.13. The zero-order valence-electron chi connectivity index (χ0n) is 17.0. The Morgan fingerprint density at radius 3 is 2.58 bits per heavy atom. The summed E-state index contributed by atoms with van der Waals surface area (Å²) in [6.07, 6.45) is 0. The second-order valence-electron chi connectivity index (χ2n) is 8.03. The number of aromatic amines is 1. The highest BCUT2D eigenvalue weighted by Gasteiger charge is 2.20. The van der Waals surface area contributed by atoms with Gasteiger partial charge in [0, 0.05) is 38.1 Å². The van der Waals surface area contributed by atoms with E-state index in [9.17, 15) is 4.79 Å². The topological polar surface area (TPSA) is 83.8 Å². The lowest BCUT2D eigenvalue weighted by atomic mass is 10.1. The average Bonchev–Trinajstić information content (AvgIpc) is 3.40. The Hall–Kier alpha value is -3.36. The number of nitrogens with zero attached hydrogens (tertiary/aromatic N) is 3. The minimum atomic E-state index is -0.224. The zero-order valence-corrected chi connectivity index (χ0v) is 17.0. The quantitative estimate of drug-likeness (QED) is 0.546. The second kappa shape index (κ2) is 7.40. The standard InChI is InChI=1S/C23H22N4O4/c28-23-22-21(16-3-1-2-4-17(16)31-22)24-20(25-23)13-27-9-7-26(8-10-27)12-15-5-6-18-19(11-15)30-14-29-18/h1-6,11H,7-10,12-14H2,(H,24,25,28). The van der Waals surface area contributed by atoms with Crippen molar-refractivity contribution in [3.63, 3.8) is 0 Å². The molecule has 0 unspecified atom stereocenters. The molecule has 0 amide bonds. The summed E-state index contributed by atoms with van der Waals surface area (Å²) < 4.78 is 16.6. The van der Waals surface area contributed by atoms with E-state index in [0.717, 1.165) is 49.6 Å². The highest BCUT2D eigenvalue weighted by molar-refractivity contribution is 6.01. The predicted molar refractivity (Wildman–Crippen MR) is 115 cm³/mol. The molecule has 0 saturated carbocycles. The second-order valence-corrected chi connectivity index (χ2v) is 8.03. The van der Waals surface area contributed by atoms with Crippen molar-refractivity contribution in [3.05, 3.63) is 64.2 Å². The van der Waals surface area contributed by atoms with Gasteiger partial charge in [-0.1, -0.05) is 18.2 Å². The number of hydrogen-bond donors (Lipinski definition) is 1. The number of para-hydroxylation sites is 1. The fourth-order valence-corrected chi connectivity index (χ4v) is 4.34. The van der Waals surface area contributed by atoms with Gasteiger partial charge in [-0.05, 0) is 29.8 Å². The van der Waals surface area contributed by atoms with Crippen molar-refractivity contribution in [2.45, 2.75) is 13.1 Å². The lowest BCUT2D eigenvalue weighted by Gasteiger charge is -2.34. The number of H-pyrrole nitrogens is 1. The van der Waals surface area contributed by atoms with Crippen molar-refractivity contribution in [1.29, 1.82) is 0 Å². The minimum absolute atomic E-state index is 0.224. The normalized spacial score (nSPS) is 17.0. The summed E-state index contributed by atoms with van der Waals surface area (Å²) in [7, 11) is 0. The summed E-state index contributed by atoms with van der Waals surface area (Å²) in [6.45, 7) is 5.53. The van der Waals surface area contributed by atoms with Crippen LogP contribution in [0.3, 0.4) is 0 Å². The first-order valence-electron chi connectivity index (χ1n) is 10.5. The molecule has 8 nitrogen and oxygen atoms in total. The van der Waals surface area contributed by atoms with Gasteiger partial charge in [0.25, 0.3) is 5.56 Å². The van der Waals surface area contributed by atoms with Crippen LogP contribution in [0.5, 0.6) is 11.5 Å². The predicted octanol–water partition coefficient (Wildman–Crippen LogP) is 2.72. The molecule has 6 rings (SSSR count). The molecule has 2 aromatic heterocycles. The van der Waals surface area contributed by atoms with Crippen LogP contribution in [0.25, 0.3) is 22.1 Å². The Kier molecular flexibility index (Phi) is 4.40. The molecule has 0 atom stereocenters. The summed E-state index contributed by atoms with van der Waals surface area (Å²) >= 11 is 0. The van der Waals surface area contributed by atoms with Gasteiger partial charge >= 0.3 is 0 Å². The monoisotopic (exact) mass is 418 g/mol. The molecule has 0 radical (unpaired) electrons. The van der Waals surface area contributed by atoms with Crippen LogP contribution in [0, 0.1) is 0 Å². The van der Waals surface area contributed by atoms with E-state index in [0.29, 0.717) is 35.8 Å². The van der Waals surface area contributed by atoms with Crippen LogP contribution in [-0.2, 0) is 13.1 Å². The molecule has 158 valence electrons. The van der Waals surface area contributed by atoms with Gasteiger partial charge in [0.15, 0.2) is 11.5 Å². The van der Waals surface area contributed by atoms with Crippen LogP contribution in [0.15, 0.2) is 51.7 Å². The van der Waals surface area contributed by atoms with E-state index in [1.165, 1.54) is 5.56 Å². The maximum atomic E-state index is 12.5. The molecule has 4 heterocycles. The van der Waals surface area contributed by atoms with Crippen molar-refractivity contribution in [2.24, 2.45) is 0 Å². The molecule has 1 saturated heterocycles. The maximum absolute atomic E-state index is 12.5. The molecule has 2 aromatic carbocycles. The number of nitrogens with one attached hydrogen (secondary N) is 1.